The Balaban J connectivity index is 0.997. The van der Waals surface area contributed by atoms with Gasteiger partial charge in [0.2, 0.25) is 0 Å². The minimum Gasteiger partial charge on any atom is -0.492 e. The van der Waals surface area contributed by atoms with E-state index in [0.717, 1.165) is 17.7 Å². The van der Waals surface area contributed by atoms with Crippen LogP contribution in [0.15, 0.2) is 48.5 Å². The van der Waals surface area contributed by atoms with Crippen LogP contribution in [0.2, 0.25) is 0 Å². The molecule has 0 aliphatic carbocycles. The molecule has 3 N–H and O–H groups in total. The summed E-state index contributed by atoms with van der Waals surface area (Å²) in [6, 6.07) is 12.5. The molecule has 2 aliphatic heterocycles. The number of aliphatic hydroxyl groups is 1. The second kappa shape index (κ2) is 12.9. The van der Waals surface area contributed by atoms with E-state index in [9.17, 15) is 18.7 Å². The van der Waals surface area contributed by atoms with Crippen molar-refractivity contribution in [2.24, 2.45) is 0 Å². The summed E-state index contributed by atoms with van der Waals surface area (Å²) in [5, 5.41) is 16.1. The van der Waals surface area contributed by atoms with Crippen molar-refractivity contribution in [1.29, 1.82) is 0 Å². The number of halogens is 2. The fourth-order valence-corrected chi connectivity index (χ4v) is 4.33. The van der Waals surface area contributed by atoms with Crippen molar-refractivity contribution in [2.45, 2.75) is 18.8 Å². The number of aliphatic hydroxyl groups excluding tert-OH is 1. The van der Waals surface area contributed by atoms with Gasteiger partial charge in [0.25, 0.3) is 5.91 Å². The van der Waals surface area contributed by atoms with Gasteiger partial charge in [0, 0.05) is 43.4 Å². The molecule has 0 aromatic heterocycles. The van der Waals surface area contributed by atoms with Crippen molar-refractivity contribution < 1.29 is 47.1 Å². The van der Waals surface area contributed by atoms with Crippen LogP contribution in [-0.4, -0.2) is 69.8 Å². The van der Waals surface area contributed by atoms with Crippen LogP contribution < -0.4 is 39.1 Å². The molecule has 1 amide bonds. The molecule has 0 radical (unpaired) electrons. The molecule has 2 heterocycles. The lowest BCUT2D eigenvalue weighted by atomic mass is 10.1. The minimum absolute atomic E-state index is 0.00934. The van der Waals surface area contributed by atoms with Crippen LogP contribution in [0.4, 0.5) is 8.78 Å². The van der Waals surface area contributed by atoms with Gasteiger partial charge in [-0.3, -0.25) is 4.79 Å². The van der Waals surface area contributed by atoms with E-state index in [0.29, 0.717) is 54.8 Å². The fourth-order valence-electron chi connectivity index (χ4n) is 4.33. The normalized spacial score (nSPS) is 16.0. The standard InChI is InChI=1S/C29H30F2N2O8/c1-36-28-24(30)9-21(10-25(28)31)39-15-22-16-40-27-11-20(3-5-26(27)41-22)38-14-18(34)13-32-6-7-37-19-2-4-23-17(8-19)12-33-29(23)35/h2-5,8-11,18,22,32,34H,6-7,12-16H2,1H3,(H,33,35)/t18-,22+/m0/s1. The van der Waals surface area contributed by atoms with E-state index < -0.39 is 29.6 Å². The molecule has 0 fully saturated rings. The van der Waals surface area contributed by atoms with E-state index in [1.165, 1.54) is 7.11 Å². The van der Waals surface area contributed by atoms with Gasteiger partial charge in [-0.2, -0.15) is 0 Å². The van der Waals surface area contributed by atoms with Crippen molar-refractivity contribution in [3.05, 3.63) is 71.3 Å². The third kappa shape index (κ3) is 7.08. The highest BCUT2D eigenvalue weighted by molar-refractivity contribution is 5.98. The third-order valence-electron chi connectivity index (χ3n) is 6.38. The lowest BCUT2D eigenvalue weighted by molar-refractivity contribution is 0.0527. The predicted molar refractivity (Wildman–Crippen MR) is 142 cm³/mol. The Kier molecular flexibility index (Phi) is 8.90. The average Bonchev–Trinajstić information content (AvgIpc) is 3.34. The zero-order valence-electron chi connectivity index (χ0n) is 22.3. The number of methoxy groups -OCH3 is 1. The number of nitrogens with one attached hydrogen (secondary N) is 2. The van der Waals surface area contributed by atoms with Crippen LogP contribution in [0, 0.1) is 11.6 Å². The van der Waals surface area contributed by atoms with Gasteiger partial charge in [0.1, 0.15) is 49.8 Å². The number of amides is 1. The zero-order chi connectivity index (χ0) is 28.8. The van der Waals surface area contributed by atoms with Crippen LogP contribution in [0.5, 0.6) is 34.5 Å². The van der Waals surface area contributed by atoms with E-state index in [-0.39, 0.29) is 31.5 Å². The van der Waals surface area contributed by atoms with Gasteiger partial charge >= 0.3 is 0 Å². The molecule has 5 rings (SSSR count). The summed E-state index contributed by atoms with van der Waals surface area (Å²) in [6.45, 7) is 1.96. The predicted octanol–water partition coefficient (Wildman–Crippen LogP) is 2.84. The SMILES string of the molecule is COc1c(F)cc(OC[C@@H]2COc3cc(OC[C@@H](O)CNCCOc4ccc5c(c4)CNC5=O)ccc3O2)cc1F. The molecular formula is C29H30F2N2O8. The van der Waals surface area contributed by atoms with E-state index in [1.54, 1.807) is 30.3 Å². The highest BCUT2D eigenvalue weighted by Gasteiger charge is 2.23. The smallest absolute Gasteiger partial charge is 0.251 e. The molecule has 0 spiro atoms. The summed E-state index contributed by atoms with van der Waals surface area (Å²) >= 11 is 0. The molecule has 0 unspecified atom stereocenters. The Labute approximate surface area is 235 Å². The number of carbonyl (C=O) groups is 1. The van der Waals surface area contributed by atoms with Gasteiger partial charge in [-0.15, -0.1) is 0 Å². The largest absolute Gasteiger partial charge is 0.492 e. The molecule has 41 heavy (non-hydrogen) atoms. The lowest BCUT2D eigenvalue weighted by Gasteiger charge is -2.27. The Morgan fingerprint density at radius 1 is 1.02 bits per heavy atom. The molecule has 2 aliphatic rings. The second-order valence-corrected chi connectivity index (χ2v) is 9.41. The van der Waals surface area contributed by atoms with E-state index in [4.69, 9.17) is 23.7 Å². The van der Waals surface area contributed by atoms with Crippen LogP contribution in [0.1, 0.15) is 15.9 Å². The highest BCUT2D eigenvalue weighted by atomic mass is 19.1. The number of fused-ring (bicyclic) bond motifs is 2. The number of ether oxygens (including phenoxy) is 6. The van der Waals surface area contributed by atoms with Gasteiger partial charge in [-0.25, -0.2) is 8.78 Å². The van der Waals surface area contributed by atoms with Crippen molar-refractivity contribution in [2.75, 3.05) is 46.6 Å². The topological polar surface area (TPSA) is 117 Å². The Morgan fingerprint density at radius 3 is 2.61 bits per heavy atom. The van der Waals surface area contributed by atoms with Crippen LogP contribution in [0.3, 0.4) is 0 Å². The van der Waals surface area contributed by atoms with Gasteiger partial charge in [-0.1, -0.05) is 0 Å². The molecule has 10 nitrogen and oxygen atoms in total. The van der Waals surface area contributed by atoms with Gasteiger partial charge in [0.05, 0.1) is 7.11 Å². The second-order valence-electron chi connectivity index (χ2n) is 9.41. The summed E-state index contributed by atoms with van der Waals surface area (Å²) in [6.07, 6.45) is -1.25. The summed E-state index contributed by atoms with van der Waals surface area (Å²) in [7, 11) is 1.18. The van der Waals surface area contributed by atoms with Gasteiger partial charge in [0.15, 0.2) is 35.0 Å². The first-order valence-electron chi connectivity index (χ1n) is 13.0. The summed E-state index contributed by atoms with van der Waals surface area (Å²) in [4.78, 5) is 11.6. The van der Waals surface area contributed by atoms with Crippen molar-refractivity contribution >= 4 is 5.91 Å². The molecule has 0 saturated heterocycles. The van der Waals surface area contributed by atoms with Crippen molar-refractivity contribution in [3.8, 4) is 34.5 Å². The molecule has 0 saturated carbocycles. The molecule has 3 aromatic rings. The van der Waals surface area contributed by atoms with Crippen LogP contribution >= 0.6 is 0 Å². The quantitative estimate of drug-likeness (QED) is 0.266. The van der Waals surface area contributed by atoms with Gasteiger partial charge in [-0.05, 0) is 35.9 Å². The molecule has 12 heteroatoms. The van der Waals surface area contributed by atoms with Gasteiger partial charge < -0.3 is 44.2 Å². The first kappa shape index (κ1) is 28.2. The molecule has 0 bridgehead atoms. The maximum absolute atomic E-state index is 13.9. The van der Waals surface area contributed by atoms with Crippen LogP contribution in [-0.2, 0) is 6.54 Å². The zero-order valence-corrected chi connectivity index (χ0v) is 22.3. The lowest BCUT2D eigenvalue weighted by Crippen LogP contribution is -2.34. The number of rotatable bonds is 13. The highest BCUT2D eigenvalue weighted by Crippen LogP contribution is 2.35. The molecule has 2 atom stereocenters. The summed E-state index contributed by atoms with van der Waals surface area (Å²) in [5.74, 6) is -0.129. The number of benzene rings is 3. The number of hydrogen-bond donors (Lipinski definition) is 3. The minimum atomic E-state index is -0.861. The van der Waals surface area contributed by atoms with E-state index in [1.807, 2.05) is 6.07 Å². The number of hydrogen-bond acceptors (Lipinski definition) is 9. The van der Waals surface area contributed by atoms with Crippen molar-refractivity contribution in [1.82, 2.24) is 10.6 Å². The maximum Gasteiger partial charge on any atom is 0.251 e. The molecule has 3 aromatic carbocycles. The van der Waals surface area contributed by atoms with E-state index in [2.05, 4.69) is 15.4 Å². The number of carbonyl (C=O) groups excluding carboxylic acids is 1. The maximum atomic E-state index is 13.9. The van der Waals surface area contributed by atoms with Crippen LogP contribution in [0.25, 0.3) is 0 Å². The molecule has 218 valence electrons. The summed E-state index contributed by atoms with van der Waals surface area (Å²) < 4.78 is 60.9. The monoisotopic (exact) mass is 572 g/mol. The Morgan fingerprint density at radius 2 is 1.80 bits per heavy atom. The first-order chi connectivity index (χ1) is 19.9. The fraction of sp³-hybridized carbons (Fsp3) is 0.345. The van der Waals surface area contributed by atoms with E-state index >= 15 is 0 Å². The van der Waals surface area contributed by atoms with Crippen molar-refractivity contribution in [3.63, 3.8) is 0 Å². The first-order valence-corrected chi connectivity index (χ1v) is 13.0. The Bertz CT molecular complexity index is 1370. The summed E-state index contributed by atoms with van der Waals surface area (Å²) in [5.41, 5.74) is 1.59. The Hall–Kier alpha value is -4.29. The average molecular weight is 573 g/mol. The third-order valence-corrected chi connectivity index (χ3v) is 6.38. The molecular weight excluding hydrogens is 542 g/mol.